The van der Waals surface area contributed by atoms with Crippen LogP contribution in [0.4, 0.5) is 11.8 Å². The molecule has 0 radical (unpaired) electrons. The van der Waals surface area contributed by atoms with Crippen LogP contribution in [0.2, 0.25) is 0 Å². The molecule has 2 aromatic rings. The van der Waals surface area contributed by atoms with Crippen molar-refractivity contribution in [3.8, 4) is 5.88 Å². The van der Waals surface area contributed by atoms with Crippen LogP contribution >= 0.6 is 0 Å². The van der Waals surface area contributed by atoms with Crippen molar-refractivity contribution in [2.24, 2.45) is 0 Å². The van der Waals surface area contributed by atoms with E-state index in [1.54, 1.807) is 7.11 Å². The average Bonchev–Trinajstić information content (AvgIpc) is 2.57. The molecule has 22 heavy (non-hydrogen) atoms. The summed E-state index contributed by atoms with van der Waals surface area (Å²) in [5.41, 5.74) is 1.08. The summed E-state index contributed by atoms with van der Waals surface area (Å²) >= 11 is 0. The van der Waals surface area contributed by atoms with Gasteiger partial charge in [0.15, 0.2) is 0 Å². The zero-order valence-electron chi connectivity index (χ0n) is 12.9. The minimum atomic E-state index is 0.390. The number of hydrogen-bond donors (Lipinski definition) is 1. The van der Waals surface area contributed by atoms with Gasteiger partial charge in [0.1, 0.15) is 12.1 Å². The SMILES string of the molecule is COc1cc(NC2CCN(c3ncc(C)cn3)CC2)ncn1. The summed E-state index contributed by atoms with van der Waals surface area (Å²) in [6.07, 6.45) is 7.27. The Morgan fingerprint density at radius 3 is 2.55 bits per heavy atom. The van der Waals surface area contributed by atoms with Crippen LogP contribution in [0.25, 0.3) is 0 Å². The number of anilines is 2. The molecule has 3 rings (SSSR count). The van der Waals surface area contributed by atoms with Crippen LogP contribution in [0.15, 0.2) is 24.8 Å². The molecule has 1 fully saturated rings. The first-order valence-corrected chi connectivity index (χ1v) is 7.41. The summed E-state index contributed by atoms with van der Waals surface area (Å²) in [5, 5.41) is 3.44. The molecule has 116 valence electrons. The van der Waals surface area contributed by atoms with Crippen LogP contribution < -0.4 is 15.0 Å². The highest BCUT2D eigenvalue weighted by atomic mass is 16.5. The fraction of sp³-hybridized carbons (Fsp3) is 0.467. The zero-order valence-corrected chi connectivity index (χ0v) is 12.9. The van der Waals surface area contributed by atoms with Crippen molar-refractivity contribution in [3.63, 3.8) is 0 Å². The van der Waals surface area contributed by atoms with E-state index < -0.39 is 0 Å². The summed E-state index contributed by atoms with van der Waals surface area (Å²) in [6, 6.07) is 2.21. The summed E-state index contributed by atoms with van der Waals surface area (Å²) < 4.78 is 5.11. The standard InChI is InChI=1S/C15H20N6O/c1-11-8-16-15(17-9-11)21-5-3-12(4-6-21)20-13-7-14(22-2)19-10-18-13/h7-10,12H,3-6H2,1-2H3,(H,18,19,20). The third-order valence-corrected chi connectivity index (χ3v) is 3.75. The Bertz CT molecular complexity index is 610. The zero-order chi connectivity index (χ0) is 15.4. The highest BCUT2D eigenvalue weighted by molar-refractivity contribution is 5.39. The lowest BCUT2D eigenvalue weighted by Gasteiger charge is -2.32. The van der Waals surface area contributed by atoms with Gasteiger partial charge in [0, 0.05) is 37.6 Å². The number of rotatable bonds is 4. The third-order valence-electron chi connectivity index (χ3n) is 3.75. The van der Waals surface area contributed by atoms with E-state index >= 15 is 0 Å². The van der Waals surface area contributed by atoms with E-state index in [-0.39, 0.29) is 0 Å². The molecule has 0 bridgehead atoms. The molecule has 0 spiro atoms. The number of methoxy groups -OCH3 is 1. The molecular weight excluding hydrogens is 280 g/mol. The first-order chi connectivity index (χ1) is 10.7. The van der Waals surface area contributed by atoms with Gasteiger partial charge in [-0.1, -0.05) is 0 Å². The molecule has 0 atom stereocenters. The largest absolute Gasteiger partial charge is 0.481 e. The van der Waals surface area contributed by atoms with E-state index in [1.165, 1.54) is 6.33 Å². The summed E-state index contributed by atoms with van der Waals surface area (Å²) in [6.45, 7) is 3.86. The van der Waals surface area contributed by atoms with Gasteiger partial charge in [0.05, 0.1) is 7.11 Å². The highest BCUT2D eigenvalue weighted by Crippen LogP contribution is 2.19. The molecule has 0 amide bonds. The molecule has 0 aromatic carbocycles. The minimum Gasteiger partial charge on any atom is -0.481 e. The van der Waals surface area contributed by atoms with Gasteiger partial charge < -0.3 is 15.0 Å². The van der Waals surface area contributed by atoms with E-state index in [0.717, 1.165) is 43.3 Å². The molecule has 7 heteroatoms. The lowest BCUT2D eigenvalue weighted by molar-refractivity contribution is 0.397. The van der Waals surface area contributed by atoms with E-state index in [9.17, 15) is 0 Å². The van der Waals surface area contributed by atoms with Gasteiger partial charge >= 0.3 is 0 Å². The molecule has 1 saturated heterocycles. The predicted molar refractivity (Wildman–Crippen MR) is 84.2 cm³/mol. The fourth-order valence-corrected chi connectivity index (χ4v) is 2.51. The second kappa shape index (κ2) is 6.55. The van der Waals surface area contributed by atoms with Gasteiger partial charge in [-0.3, -0.25) is 0 Å². The second-order valence-corrected chi connectivity index (χ2v) is 5.41. The van der Waals surface area contributed by atoms with E-state index in [2.05, 4.69) is 30.2 Å². The molecule has 1 N–H and O–H groups in total. The van der Waals surface area contributed by atoms with Crippen molar-refractivity contribution in [2.75, 3.05) is 30.4 Å². The van der Waals surface area contributed by atoms with Crippen LogP contribution in [0.1, 0.15) is 18.4 Å². The van der Waals surface area contributed by atoms with Crippen LogP contribution in [0.5, 0.6) is 5.88 Å². The van der Waals surface area contributed by atoms with Crippen LogP contribution in [-0.2, 0) is 0 Å². The molecule has 1 aliphatic rings. The number of ether oxygens (including phenoxy) is 1. The number of piperidine rings is 1. The number of aryl methyl sites for hydroxylation is 1. The van der Waals surface area contributed by atoms with E-state index in [1.807, 2.05) is 25.4 Å². The van der Waals surface area contributed by atoms with Gasteiger partial charge in [-0.15, -0.1) is 0 Å². The van der Waals surface area contributed by atoms with Gasteiger partial charge in [0.25, 0.3) is 0 Å². The Hall–Kier alpha value is -2.44. The van der Waals surface area contributed by atoms with Crippen LogP contribution in [-0.4, -0.2) is 46.2 Å². The summed E-state index contributed by atoms with van der Waals surface area (Å²) in [5.74, 6) is 2.19. The Labute approximate surface area is 129 Å². The number of aromatic nitrogens is 4. The van der Waals surface area contributed by atoms with Crippen molar-refractivity contribution < 1.29 is 4.74 Å². The Kier molecular flexibility index (Phi) is 4.32. The number of hydrogen-bond acceptors (Lipinski definition) is 7. The molecule has 3 heterocycles. The topological polar surface area (TPSA) is 76.1 Å². The van der Waals surface area contributed by atoms with Crippen molar-refractivity contribution >= 4 is 11.8 Å². The maximum absolute atomic E-state index is 5.11. The molecule has 7 nitrogen and oxygen atoms in total. The lowest BCUT2D eigenvalue weighted by Crippen LogP contribution is -2.40. The smallest absolute Gasteiger partial charge is 0.225 e. The van der Waals surface area contributed by atoms with Crippen molar-refractivity contribution in [2.45, 2.75) is 25.8 Å². The van der Waals surface area contributed by atoms with Crippen molar-refractivity contribution in [3.05, 3.63) is 30.4 Å². The third kappa shape index (κ3) is 3.41. The molecule has 2 aromatic heterocycles. The molecule has 0 unspecified atom stereocenters. The Morgan fingerprint density at radius 1 is 1.14 bits per heavy atom. The molecular formula is C15H20N6O. The monoisotopic (exact) mass is 300 g/mol. The van der Waals surface area contributed by atoms with E-state index in [4.69, 9.17) is 4.74 Å². The molecule has 0 saturated carbocycles. The first-order valence-electron chi connectivity index (χ1n) is 7.41. The van der Waals surface area contributed by atoms with Gasteiger partial charge in [-0.05, 0) is 25.3 Å². The second-order valence-electron chi connectivity index (χ2n) is 5.41. The lowest BCUT2D eigenvalue weighted by atomic mass is 10.1. The number of nitrogens with zero attached hydrogens (tertiary/aromatic N) is 5. The average molecular weight is 300 g/mol. The maximum Gasteiger partial charge on any atom is 0.225 e. The van der Waals surface area contributed by atoms with Crippen LogP contribution in [0, 0.1) is 6.92 Å². The van der Waals surface area contributed by atoms with Gasteiger partial charge in [0.2, 0.25) is 11.8 Å². The van der Waals surface area contributed by atoms with Gasteiger partial charge in [-0.2, -0.15) is 0 Å². The maximum atomic E-state index is 5.11. The van der Waals surface area contributed by atoms with E-state index in [0.29, 0.717) is 11.9 Å². The van der Waals surface area contributed by atoms with Gasteiger partial charge in [-0.25, -0.2) is 19.9 Å². The van der Waals surface area contributed by atoms with Crippen molar-refractivity contribution in [1.82, 2.24) is 19.9 Å². The quantitative estimate of drug-likeness (QED) is 0.920. The fourth-order valence-electron chi connectivity index (χ4n) is 2.51. The minimum absolute atomic E-state index is 0.390. The Morgan fingerprint density at radius 2 is 1.86 bits per heavy atom. The Balaban J connectivity index is 1.56. The summed E-state index contributed by atoms with van der Waals surface area (Å²) in [7, 11) is 1.60. The predicted octanol–water partition coefficient (Wildman–Crippen LogP) is 1.66. The molecule has 1 aliphatic heterocycles. The number of nitrogens with one attached hydrogen (secondary N) is 1. The van der Waals surface area contributed by atoms with Crippen LogP contribution in [0.3, 0.4) is 0 Å². The summed E-state index contributed by atoms with van der Waals surface area (Å²) in [4.78, 5) is 19.2. The van der Waals surface area contributed by atoms with Crippen molar-refractivity contribution in [1.29, 1.82) is 0 Å². The highest BCUT2D eigenvalue weighted by Gasteiger charge is 2.21. The first kappa shape index (κ1) is 14.5. The normalized spacial score (nSPS) is 15.6. The molecule has 0 aliphatic carbocycles.